The predicted octanol–water partition coefficient (Wildman–Crippen LogP) is 2.80. The lowest BCUT2D eigenvalue weighted by Gasteiger charge is -1.80. The van der Waals surface area contributed by atoms with E-state index in [0.29, 0.717) is 10.1 Å². The maximum atomic E-state index is 5.56. The van der Waals surface area contributed by atoms with Gasteiger partial charge >= 0.3 is 0 Å². The zero-order chi connectivity index (χ0) is 6.15. The quantitative estimate of drug-likeness (QED) is 0.494. The summed E-state index contributed by atoms with van der Waals surface area (Å²) in [6.45, 7) is 3.63. The van der Waals surface area contributed by atoms with Gasteiger partial charge in [-0.15, -0.1) is 0 Å². The summed E-state index contributed by atoms with van der Waals surface area (Å²) in [6.07, 6.45) is 3.45. The van der Waals surface area contributed by atoms with Crippen molar-refractivity contribution in [3.8, 4) is 0 Å². The molecule has 2 heteroatoms. The van der Waals surface area contributed by atoms with Crippen molar-refractivity contribution in [2.45, 2.75) is 0 Å². The second-order valence-electron chi connectivity index (χ2n) is 1.56. The summed E-state index contributed by atoms with van der Waals surface area (Å²) in [5, 5.41) is 1.16. The molecule has 8 heavy (non-hydrogen) atoms. The van der Waals surface area contributed by atoms with Gasteiger partial charge in [0.15, 0.2) is 0 Å². The van der Waals surface area contributed by atoms with Crippen LogP contribution >= 0.6 is 23.2 Å². The van der Waals surface area contributed by atoms with Crippen LogP contribution < -0.4 is 0 Å². The highest BCUT2D eigenvalue weighted by molar-refractivity contribution is 6.44. The van der Waals surface area contributed by atoms with Crippen LogP contribution in [0.2, 0.25) is 0 Å². The molecule has 0 aliphatic heterocycles. The van der Waals surface area contributed by atoms with Gasteiger partial charge in [-0.25, -0.2) is 0 Å². The van der Waals surface area contributed by atoms with Crippen molar-refractivity contribution in [2.24, 2.45) is 0 Å². The van der Waals surface area contributed by atoms with Crippen molar-refractivity contribution in [3.05, 3.63) is 34.4 Å². The fourth-order valence-electron chi connectivity index (χ4n) is 0.505. The van der Waals surface area contributed by atoms with Crippen LogP contribution in [0, 0.1) is 0 Å². The molecule has 0 heterocycles. The highest BCUT2D eigenvalue weighted by Gasteiger charge is 2.04. The standard InChI is InChI=1S/C6H4Cl2/c1-4-2-5(7)6(8)3-4/h2-3H,1H2. The Hall–Kier alpha value is -0.200. The first-order chi connectivity index (χ1) is 3.70. The van der Waals surface area contributed by atoms with Crippen molar-refractivity contribution in [2.75, 3.05) is 0 Å². The minimum absolute atomic E-state index is 0.580. The number of halogens is 2. The zero-order valence-electron chi connectivity index (χ0n) is 4.12. The van der Waals surface area contributed by atoms with Gasteiger partial charge in [-0.05, 0) is 17.7 Å². The molecular formula is C6H4Cl2. The molecule has 1 rings (SSSR count). The molecule has 0 spiro atoms. The van der Waals surface area contributed by atoms with Gasteiger partial charge in [0.2, 0.25) is 0 Å². The van der Waals surface area contributed by atoms with Gasteiger partial charge in [-0.1, -0.05) is 29.8 Å². The summed E-state index contributed by atoms with van der Waals surface area (Å²) in [6, 6.07) is 0. The van der Waals surface area contributed by atoms with Gasteiger partial charge in [0.25, 0.3) is 0 Å². The van der Waals surface area contributed by atoms with Crippen molar-refractivity contribution < 1.29 is 0 Å². The fourth-order valence-corrected chi connectivity index (χ4v) is 0.894. The molecule has 0 fully saturated rings. The van der Waals surface area contributed by atoms with E-state index in [1.165, 1.54) is 0 Å². The van der Waals surface area contributed by atoms with Crippen LogP contribution in [-0.4, -0.2) is 0 Å². The zero-order valence-corrected chi connectivity index (χ0v) is 5.63. The summed E-state index contributed by atoms with van der Waals surface area (Å²) in [5.41, 5.74) is 0.861. The minimum atomic E-state index is 0.580. The molecule has 0 atom stereocenters. The van der Waals surface area contributed by atoms with E-state index in [-0.39, 0.29) is 0 Å². The van der Waals surface area contributed by atoms with Crippen LogP contribution in [-0.2, 0) is 0 Å². The van der Waals surface area contributed by atoms with Crippen LogP contribution in [0.15, 0.2) is 34.4 Å². The average Bonchev–Trinajstić information content (AvgIpc) is 1.85. The van der Waals surface area contributed by atoms with Crippen LogP contribution in [0.1, 0.15) is 0 Å². The average molecular weight is 147 g/mol. The molecule has 42 valence electrons. The highest BCUT2D eigenvalue weighted by Crippen LogP contribution is 2.27. The lowest BCUT2D eigenvalue weighted by Crippen LogP contribution is -1.57. The molecule has 1 aliphatic rings. The fraction of sp³-hybridized carbons (Fsp3) is 0. The predicted molar refractivity (Wildman–Crippen MR) is 37.0 cm³/mol. The van der Waals surface area contributed by atoms with Crippen molar-refractivity contribution >= 4 is 23.2 Å². The van der Waals surface area contributed by atoms with E-state index < -0.39 is 0 Å². The maximum absolute atomic E-state index is 5.56. The van der Waals surface area contributed by atoms with Crippen LogP contribution in [0.5, 0.6) is 0 Å². The topological polar surface area (TPSA) is 0 Å². The summed E-state index contributed by atoms with van der Waals surface area (Å²) in [7, 11) is 0. The Morgan fingerprint density at radius 3 is 1.62 bits per heavy atom. The normalized spacial score (nSPS) is 18.5. The molecule has 0 radical (unpaired) electrons. The van der Waals surface area contributed by atoms with Crippen molar-refractivity contribution in [3.63, 3.8) is 0 Å². The summed E-state index contributed by atoms with van der Waals surface area (Å²) >= 11 is 11.1. The molecule has 0 saturated carbocycles. The first-order valence-electron chi connectivity index (χ1n) is 2.14. The Balaban J connectivity index is 2.98. The molecule has 1 aliphatic carbocycles. The van der Waals surface area contributed by atoms with Crippen LogP contribution in [0.4, 0.5) is 0 Å². The van der Waals surface area contributed by atoms with E-state index in [0.717, 1.165) is 5.57 Å². The van der Waals surface area contributed by atoms with E-state index in [4.69, 9.17) is 23.2 Å². The number of rotatable bonds is 0. The Kier molecular flexibility index (Phi) is 1.45. The van der Waals surface area contributed by atoms with E-state index in [2.05, 4.69) is 6.58 Å². The third-order valence-corrected chi connectivity index (χ3v) is 1.57. The van der Waals surface area contributed by atoms with Crippen molar-refractivity contribution in [1.82, 2.24) is 0 Å². The SMILES string of the molecule is C=C1C=C(Cl)C(Cl)=C1. The molecular weight excluding hydrogens is 143 g/mol. The molecule has 0 aromatic rings. The largest absolute Gasteiger partial charge is 0.0917 e. The monoisotopic (exact) mass is 146 g/mol. The number of allylic oxidation sites excluding steroid dienone is 5. The Morgan fingerprint density at radius 1 is 1.12 bits per heavy atom. The maximum Gasteiger partial charge on any atom is 0.0598 e. The Labute approximate surface area is 58.1 Å². The lowest BCUT2D eigenvalue weighted by molar-refractivity contribution is 1.85. The molecule has 0 unspecified atom stereocenters. The van der Waals surface area contributed by atoms with Gasteiger partial charge < -0.3 is 0 Å². The van der Waals surface area contributed by atoms with Gasteiger partial charge in [-0.2, -0.15) is 0 Å². The summed E-state index contributed by atoms with van der Waals surface area (Å²) in [5.74, 6) is 0. The molecule has 0 aromatic heterocycles. The summed E-state index contributed by atoms with van der Waals surface area (Å²) < 4.78 is 0. The molecule has 0 nitrogen and oxygen atoms in total. The van der Waals surface area contributed by atoms with Gasteiger partial charge in [-0.3, -0.25) is 0 Å². The van der Waals surface area contributed by atoms with E-state index in [9.17, 15) is 0 Å². The Morgan fingerprint density at radius 2 is 1.50 bits per heavy atom. The van der Waals surface area contributed by atoms with E-state index >= 15 is 0 Å². The van der Waals surface area contributed by atoms with Crippen LogP contribution in [0.25, 0.3) is 0 Å². The first-order valence-corrected chi connectivity index (χ1v) is 2.89. The lowest BCUT2D eigenvalue weighted by atomic mass is 10.4. The molecule has 0 aromatic carbocycles. The molecule has 0 saturated heterocycles. The van der Waals surface area contributed by atoms with Gasteiger partial charge in [0, 0.05) is 0 Å². The first kappa shape index (κ1) is 5.93. The molecule has 0 N–H and O–H groups in total. The van der Waals surface area contributed by atoms with Gasteiger partial charge in [0.05, 0.1) is 10.1 Å². The summed E-state index contributed by atoms with van der Waals surface area (Å²) in [4.78, 5) is 0. The second kappa shape index (κ2) is 1.96. The number of hydrogen-bond donors (Lipinski definition) is 0. The van der Waals surface area contributed by atoms with Crippen LogP contribution in [0.3, 0.4) is 0 Å². The van der Waals surface area contributed by atoms with E-state index in [1.807, 2.05) is 0 Å². The van der Waals surface area contributed by atoms with E-state index in [1.54, 1.807) is 12.2 Å². The second-order valence-corrected chi connectivity index (χ2v) is 2.37. The van der Waals surface area contributed by atoms with Gasteiger partial charge in [0.1, 0.15) is 0 Å². The third-order valence-electron chi connectivity index (χ3n) is 0.852. The Bertz CT molecular complexity index is 167. The number of hydrogen-bond acceptors (Lipinski definition) is 0. The highest BCUT2D eigenvalue weighted by atomic mass is 35.5. The molecule has 0 bridgehead atoms. The minimum Gasteiger partial charge on any atom is -0.0917 e. The van der Waals surface area contributed by atoms with Crippen molar-refractivity contribution in [1.29, 1.82) is 0 Å². The third kappa shape index (κ3) is 0.960. The smallest absolute Gasteiger partial charge is 0.0598 e. The molecule has 0 amide bonds.